The molecule has 41 heavy (non-hydrogen) atoms. The van der Waals surface area contributed by atoms with E-state index in [0.717, 1.165) is 13.0 Å². The second kappa shape index (κ2) is 13.0. The van der Waals surface area contributed by atoms with Crippen LogP contribution in [0.4, 0.5) is 26.3 Å². The average molecular weight is 630 g/mol. The third kappa shape index (κ3) is 7.69. The monoisotopic (exact) mass is 629 g/mol. The molecule has 17 heteroatoms. The molecule has 3 heterocycles. The van der Waals surface area contributed by atoms with Crippen LogP contribution in [0.5, 0.6) is 5.75 Å². The van der Waals surface area contributed by atoms with Crippen LogP contribution in [0.1, 0.15) is 18.2 Å². The summed E-state index contributed by atoms with van der Waals surface area (Å²) in [5, 5.41) is 26.8. The fraction of sp³-hybridized carbons (Fsp3) is 0.500. The largest absolute Gasteiger partial charge is 0.492 e. The number of ether oxygens (including phenoxy) is 1. The van der Waals surface area contributed by atoms with Crippen LogP contribution in [-0.2, 0) is 13.2 Å². The van der Waals surface area contributed by atoms with Gasteiger partial charge in [-0.25, -0.2) is 9.67 Å². The van der Waals surface area contributed by atoms with Gasteiger partial charge in [0.2, 0.25) is 0 Å². The van der Waals surface area contributed by atoms with Crippen LogP contribution in [0.25, 0.3) is 22.3 Å². The van der Waals surface area contributed by atoms with Gasteiger partial charge < -0.3 is 9.84 Å². The summed E-state index contributed by atoms with van der Waals surface area (Å²) in [7, 11) is 1.59. The Morgan fingerprint density at radius 1 is 1.02 bits per heavy atom. The van der Waals surface area contributed by atoms with Crippen LogP contribution >= 0.6 is 24.8 Å². The zero-order valence-corrected chi connectivity index (χ0v) is 23.5. The number of piperazine rings is 1. The highest BCUT2D eigenvalue weighted by molar-refractivity contribution is 5.86. The second-order valence-electron chi connectivity index (χ2n) is 9.50. The molecule has 1 unspecified atom stereocenters. The summed E-state index contributed by atoms with van der Waals surface area (Å²) in [4.78, 5) is 7.51. The van der Waals surface area contributed by atoms with Gasteiger partial charge in [0.25, 0.3) is 0 Å². The van der Waals surface area contributed by atoms with Gasteiger partial charge in [-0.05, 0) is 31.2 Å². The molecule has 2 aromatic heterocycles. The van der Waals surface area contributed by atoms with Crippen molar-refractivity contribution in [3.63, 3.8) is 0 Å². The van der Waals surface area contributed by atoms with E-state index in [2.05, 4.69) is 15.3 Å². The highest BCUT2D eigenvalue weighted by Crippen LogP contribution is 2.39. The SMILES string of the molecule is Cl.Cl.Cn1nnc2c(C#N)nc(-c3ccc(OCCN4CCN(CC(C)(O)C(F)(F)F)CC4)c(C(F)(F)F)c3)cc21. The number of β-amino-alcohol motifs (C(OH)–C–C–N with tert-alkyl or cyclic N) is 1. The lowest BCUT2D eigenvalue weighted by atomic mass is 10.1. The number of benzene rings is 1. The van der Waals surface area contributed by atoms with Gasteiger partial charge in [-0.3, -0.25) is 9.80 Å². The van der Waals surface area contributed by atoms with Crippen molar-refractivity contribution >= 4 is 35.8 Å². The molecule has 1 N–H and O–H groups in total. The molecule has 0 bridgehead atoms. The molecule has 9 nitrogen and oxygen atoms in total. The molecule has 0 aliphatic carbocycles. The minimum Gasteiger partial charge on any atom is -0.492 e. The molecule has 0 saturated carbocycles. The molecule has 3 aromatic rings. The maximum absolute atomic E-state index is 13.9. The fourth-order valence-electron chi connectivity index (χ4n) is 4.27. The predicted molar refractivity (Wildman–Crippen MR) is 141 cm³/mol. The van der Waals surface area contributed by atoms with E-state index in [9.17, 15) is 36.7 Å². The molecule has 0 amide bonds. The van der Waals surface area contributed by atoms with Crippen LogP contribution in [0, 0.1) is 11.3 Å². The molecule has 1 aliphatic heterocycles. The summed E-state index contributed by atoms with van der Waals surface area (Å²) in [6.45, 7) is 1.64. The van der Waals surface area contributed by atoms with Gasteiger partial charge >= 0.3 is 12.4 Å². The van der Waals surface area contributed by atoms with Gasteiger partial charge in [-0.2, -0.15) is 31.6 Å². The number of pyridine rings is 1. The molecule has 226 valence electrons. The zero-order chi connectivity index (χ0) is 28.6. The number of hydrogen-bond donors (Lipinski definition) is 1. The highest BCUT2D eigenvalue weighted by atomic mass is 35.5. The molecular weight excluding hydrogens is 603 g/mol. The smallest absolute Gasteiger partial charge is 0.419 e. The highest BCUT2D eigenvalue weighted by Gasteiger charge is 2.50. The Bertz CT molecular complexity index is 1380. The van der Waals surface area contributed by atoms with Crippen molar-refractivity contribution in [2.75, 3.05) is 45.9 Å². The Balaban J connectivity index is 0.00000294. The Labute approximate surface area is 243 Å². The van der Waals surface area contributed by atoms with Crippen LogP contribution in [0.3, 0.4) is 0 Å². The number of aliphatic hydroxyl groups is 1. The summed E-state index contributed by atoms with van der Waals surface area (Å²) in [5.74, 6) is -0.380. The van der Waals surface area contributed by atoms with E-state index in [4.69, 9.17) is 4.74 Å². The average Bonchev–Trinajstić information content (AvgIpc) is 3.24. The number of halogens is 8. The van der Waals surface area contributed by atoms with E-state index in [0.29, 0.717) is 18.6 Å². The maximum atomic E-state index is 13.9. The predicted octanol–water partition coefficient (Wildman–Crippen LogP) is 4.07. The number of alkyl halides is 6. The normalized spacial score (nSPS) is 16.4. The fourth-order valence-corrected chi connectivity index (χ4v) is 4.27. The first-order chi connectivity index (χ1) is 18.2. The maximum Gasteiger partial charge on any atom is 0.419 e. The van der Waals surface area contributed by atoms with E-state index >= 15 is 0 Å². The van der Waals surface area contributed by atoms with Crippen molar-refractivity contribution in [2.24, 2.45) is 7.05 Å². The molecule has 1 aliphatic rings. The summed E-state index contributed by atoms with van der Waals surface area (Å²) in [6, 6.07) is 6.89. The Morgan fingerprint density at radius 3 is 2.24 bits per heavy atom. The van der Waals surface area contributed by atoms with Crippen molar-refractivity contribution < 1.29 is 36.2 Å². The van der Waals surface area contributed by atoms with Crippen molar-refractivity contribution in [2.45, 2.75) is 24.9 Å². The van der Waals surface area contributed by atoms with Crippen LogP contribution < -0.4 is 4.74 Å². The summed E-state index contributed by atoms with van der Waals surface area (Å²) in [5.41, 5.74) is -2.96. The van der Waals surface area contributed by atoms with E-state index in [1.807, 2.05) is 11.0 Å². The first kappa shape index (κ1) is 34.3. The summed E-state index contributed by atoms with van der Waals surface area (Å²) in [6.07, 6.45) is -9.48. The van der Waals surface area contributed by atoms with Crippen LogP contribution in [0.2, 0.25) is 0 Å². The van der Waals surface area contributed by atoms with Gasteiger partial charge in [0, 0.05) is 51.9 Å². The van der Waals surface area contributed by atoms with E-state index in [-0.39, 0.29) is 79.3 Å². The van der Waals surface area contributed by atoms with Gasteiger partial charge in [0.05, 0.1) is 16.8 Å². The minimum atomic E-state index is -4.75. The number of nitriles is 1. The summed E-state index contributed by atoms with van der Waals surface area (Å²) >= 11 is 0. The summed E-state index contributed by atoms with van der Waals surface area (Å²) < 4.78 is 87.4. The molecule has 1 fully saturated rings. The molecule has 4 rings (SSSR count). The van der Waals surface area contributed by atoms with Gasteiger partial charge in [-0.15, -0.1) is 29.9 Å². The molecule has 1 atom stereocenters. The molecule has 0 spiro atoms. The number of hydrogen-bond acceptors (Lipinski definition) is 8. The zero-order valence-electron chi connectivity index (χ0n) is 21.8. The number of fused-ring (bicyclic) bond motifs is 1. The van der Waals surface area contributed by atoms with E-state index < -0.39 is 30.1 Å². The number of nitrogens with zero attached hydrogens (tertiary/aromatic N) is 7. The van der Waals surface area contributed by atoms with Gasteiger partial charge in [-0.1, -0.05) is 5.21 Å². The Kier molecular flexibility index (Phi) is 10.8. The molecule has 1 aromatic carbocycles. The van der Waals surface area contributed by atoms with Crippen molar-refractivity contribution in [3.05, 3.63) is 35.5 Å². The first-order valence-corrected chi connectivity index (χ1v) is 11.9. The standard InChI is InChI=1S/C24H25F6N7O2.2ClH/c1-22(38,24(28,29)30)14-37-7-5-36(6-8-37)9-10-39-20-4-3-15(11-16(20)23(25,26)27)17-12-19-21(18(13-31)32-17)33-34-35(19)2;;/h3-4,11-12,38H,5-10,14H2,1-2H3;2*1H. The van der Waals surface area contributed by atoms with Crippen molar-refractivity contribution in [1.82, 2.24) is 29.8 Å². The number of aromatic nitrogens is 4. The molecule has 1 saturated heterocycles. The third-order valence-corrected chi connectivity index (χ3v) is 6.56. The molecular formula is C24H27Cl2F6N7O2. The lowest BCUT2D eigenvalue weighted by Crippen LogP contribution is -2.56. The van der Waals surface area contributed by atoms with Gasteiger partial charge in [0.15, 0.2) is 11.3 Å². The lowest BCUT2D eigenvalue weighted by Gasteiger charge is -2.38. The quantitative estimate of drug-likeness (QED) is 0.390. The second-order valence-corrected chi connectivity index (χ2v) is 9.50. The van der Waals surface area contributed by atoms with Gasteiger partial charge in [0.1, 0.15) is 23.9 Å². The Morgan fingerprint density at radius 2 is 1.66 bits per heavy atom. The van der Waals surface area contributed by atoms with E-state index in [1.165, 1.54) is 27.8 Å². The number of aryl methyl sites for hydroxylation is 1. The third-order valence-electron chi connectivity index (χ3n) is 6.56. The van der Waals surface area contributed by atoms with Crippen molar-refractivity contribution in [1.29, 1.82) is 5.26 Å². The van der Waals surface area contributed by atoms with E-state index in [1.54, 1.807) is 7.05 Å². The van der Waals surface area contributed by atoms with Crippen LogP contribution in [0.15, 0.2) is 24.3 Å². The first-order valence-electron chi connectivity index (χ1n) is 11.9. The number of rotatable bonds is 7. The van der Waals surface area contributed by atoms with Crippen LogP contribution in [-0.4, -0.2) is 92.5 Å². The lowest BCUT2D eigenvalue weighted by molar-refractivity contribution is -0.258. The molecule has 0 radical (unpaired) electrons. The Hall–Kier alpha value is -2.90. The van der Waals surface area contributed by atoms with Crippen molar-refractivity contribution in [3.8, 4) is 23.1 Å². The minimum absolute atomic E-state index is 0. The topological polar surface area (TPSA) is 103 Å².